The Labute approximate surface area is 301 Å². The zero-order chi connectivity index (χ0) is 41.2. The molecule has 2 fully saturated rings. The van der Waals surface area contributed by atoms with Crippen molar-refractivity contribution in [1.82, 2.24) is 0 Å². The van der Waals surface area contributed by atoms with E-state index in [9.17, 15) is 79.4 Å². The second-order valence-corrected chi connectivity index (χ2v) is 14.8. The van der Waals surface area contributed by atoms with Gasteiger partial charge < -0.3 is 0 Å². The number of rotatable bonds is 18. The zero-order valence-electron chi connectivity index (χ0n) is 29.3. The second-order valence-electron chi connectivity index (χ2n) is 14.8. The molecule has 54 heavy (non-hydrogen) atoms. The molecule has 1 nitrogen and oxygen atoms in total. The van der Waals surface area contributed by atoms with E-state index in [1.807, 2.05) is 0 Å². The average Bonchev–Trinajstić information content (AvgIpc) is 3.10. The summed E-state index contributed by atoms with van der Waals surface area (Å²) in [5, 5.41) is 0. The maximum absolute atomic E-state index is 14.5. The number of carbonyl (C=O) groups excluding carboxylic acids is 1. The molecule has 3 rings (SSSR count). The molecule has 0 radical (unpaired) electrons. The summed E-state index contributed by atoms with van der Waals surface area (Å²) in [6.45, 7) is 2.18. The van der Waals surface area contributed by atoms with Gasteiger partial charge in [-0.15, -0.1) is 0 Å². The monoisotopic (exact) mass is 814 g/mol. The van der Waals surface area contributed by atoms with Crippen LogP contribution in [0.3, 0.4) is 0 Å². The minimum Gasteiger partial charge on any atom is -0.287 e. The van der Waals surface area contributed by atoms with E-state index in [0.717, 1.165) is 43.7 Å². The summed E-state index contributed by atoms with van der Waals surface area (Å²) in [6, 6.07) is 2.69. The van der Waals surface area contributed by atoms with E-state index in [1.54, 1.807) is 0 Å². The Kier molecular flexibility index (Phi) is 14.2. The van der Waals surface area contributed by atoms with Gasteiger partial charge in [-0.25, -0.2) is 0 Å². The second kappa shape index (κ2) is 16.7. The highest BCUT2D eigenvalue weighted by Crippen LogP contribution is 2.64. The molecule has 0 amide bonds. The minimum absolute atomic E-state index is 0.274. The molecule has 2 saturated carbocycles. The molecule has 0 aliphatic heterocycles. The summed E-state index contributed by atoms with van der Waals surface area (Å²) in [5.41, 5.74) is -1.20. The lowest BCUT2D eigenvalue weighted by atomic mass is 9.68. The van der Waals surface area contributed by atoms with Gasteiger partial charge in [0, 0.05) is 5.56 Å². The van der Waals surface area contributed by atoms with Crippen molar-refractivity contribution in [3.63, 3.8) is 0 Å². The number of carbonyl (C=O) groups is 1. The Morgan fingerprint density at radius 3 is 1.31 bits per heavy atom. The third-order valence-electron chi connectivity index (χ3n) is 11.2. The van der Waals surface area contributed by atoms with Crippen LogP contribution in [-0.4, -0.2) is 53.4 Å². The predicted octanol–water partition coefficient (Wildman–Crippen LogP) is 13.8. The first-order valence-corrected chi connectivity index (χ1v) is 18.0. The van der Waals surface area contributed by atoms with Crippen LogP contribution in [-0.2, 0) is 6.42 Å². The largest absolute Gasteiger partial charge is 0.460 e. The first-order chi connectivity index (χ1) is 24.6. The van der Waals surface area contributed by atoms with E-state index in [1.165, 1.54) is 64.2 Å². The molecular weight excluding hydrogens is 771 g/mol. The van der Waals surface area contributed by atoms with Crippen molar-refractivity contribution in [1.29, 1.82) is 0 Å². The summed E-state index contributed by atoms with van der Waals surface area (Å²) >= 11 is 0. The Morgan fingerprint density at radius 2 is 0.889 bits per heavy atom. The van der Waals surface area contributed by atoms with E-state index >= 15 is 0 Å². The Morgan fingerprint density at radius 1 is 0.500 bits per heavy atom. The topological polar surface area (TPSA) is 17.1 Å². The number of alkyl halides is 17. The molecule has 0 aromatic heterocycles. The van der Waals surface area contributed by atoms with Crippen LogP contribution in [0.15, 0.2) is 24.3 Å². The van der Waals surface area contributed by atoms with Gasteiger partial charge in [0.05, 0.1) is 0 Å². The van der Waals surface area contributed by atoms with Crippen LogP contribution in [0.4, 0.5) is 74.6 Å². The van der Waals surface area contributed by atoms with Gasteiger partial charge in [-0.1, -0.05) is 95.4 Å². The van der Waals surface area contributed by atoms with Crippen molar-refractivity contribution < 1.29 is 79.4 Å². The molecule has 0 heterocycles. The van der Waals surface area contributed by atoms with Gasteiger partial charge >= 0.3 is 47.6 Å². The van der Waals surface area contributed by atoms with Crippen LogP contribution in [0.5, 0.6) is 0 Å². The fourth-order valence-corrected chi connectivity index (χ4v) is 7.61. The maximum atomic E-state index is 14.5. The first kappa shape index (κ1) is 46.1. The SMILES string of the molecule is CCCCCCC[C@H]1CC[C@H](C2CCC(CCc3ccc(C(=O)C(F)(F)C(F)(F)C(F)(F)C(F)(F)C(F)(F)C(F)(F)C(F)(F)C(F)(F)F)cc3)CC2)CC1. The molecular formula is C36H43F17O. The van der Waals surface area contributed by atoms with Crippen LogP contribution < -0.4 is 0 Å². The van der Waals surface area contributed by atoms with Crippen molar-refractivity contribution in [2.24, 2.45) is 23.7 Å². The number of hydrogen-bond acceptors (Lipinski definition) is 1. The molecule has 0 N–H and O–H groups in total. The molecule has 1 aromatic carbocycles. The molecule has 312 valence electrons. The fourth-order valence-electron chi connectivity index (χ4n) is 7.61. The Balaban J connectivity index is 1.59. The maximum Gasteiger partial charge on any atom is 0.460 e. The third kappa shape index (κ3) is 8.66. The predicted molar refractivity (Wildman–Crippen MR) is 164 cm³/mol. The molecule has 0 unspecified atom stereocenters. The first-order valence-electron chi connectivity index (χ1n) is 18.0. The average molecular weight is 815 g/mol. The van der Waals surface area contributed by atoms with E-state index in [2.05, 4.69) is 6.92 Å². The van der Waals surface area contributed by atoms with Crippen molar-refractivity contribution in [3.05, 3.63) is 35.4 Å². The molecule has 1 aromatic rings. The summed E-state index contributed by atoms with van der Waals surface area (Å²) in [5.74, 6) is -59.0. The van der Waals surface area contributed by atoms with Gasteiger partial charge in [-0.2, -0.15) is 74.6 Å². The number of halogens is 17. The quantitative estimate of drug-likeness (QED) is 0.0820. The standard InChI is InChI=1S/C36H43F17O/c1-2-3-4-5-6-7-22-10-16-25(17-11-22)26-18-12-23(13-19-26)8-9-24-14-20-27(21-15-24)28(54)29(37,38)30(39,40)31(41,42)32(43,44)33(45,46)34(47,48)35(49,50)36(51,52)53/h14-15,20-23,25-26H,2-13,16-19H2,1H3/t22-,23?,25-,26?. The summed E-state index contributed by atoms with van der Waals surface area (Å²) in [7, 11) is 0. The summed E-state index contributed by atoms with van der Waals surface area (Å²) in [6.07, 6.45) is 9.35. The van der Waals surface area contributed by atoms with E-state index < -0.39 is 59.0 Å². The number of unbranched alkanes of at least 4 members (excludes halogenated alkanes) is 4. The smallest absolute Gasteiger partial charge is 0.287 e. The summed E-state index contributed by atoms with van der Waals surface area (Å²) < 4.78 is 231. The van der Waals surface area contributed by atoms with Crippen LogP contribution in [0.25, 0.3) is 0 Å². The van der Waals surface area contributed by atoms with Crippen LogP contribution in [0.2, 0.25) is 0 Å². The van der Waals surface area contributed by atoms with Crippen molar-refractivity contribution in [3.8, 4) is 0 Å². The number of aryl methyl sites for hydroxylation is 1. The highest BCUT2D eigenvalue weighted by molar-refractivity contribution is 6.02. The lowest BCUT2D eigenvalue weighted by Crippen LogP contribution is -2.75. The normalized spacial score (nSPS) is 23.1. The van der Waals surface area contributed by atoms with Crippen LogP contribution >= 0.6 is 0 Å². The lowest BCUT2D eigenvalue weighted by molar-refractivity contribution is -0.459. The highest BCUT2D eigenvalue weighted by Gasteiger charge is 2.95. The van der Waals surface area contributed by atoms with Gasteiger partial charge in [0.25, 0.3) is 0 Å². The Bertz CT molecular complexity index is 1350. The number of ketones is 1. The van der Waals surface area contributed by atoms with Gasteiger partial charge in [0.15, 0.2) is 0 Å². The molecule has 2 aliphatic carbocycles. The lowest BCUT2D eigenvalue weighted by Gasteiger charge is -2.42. The third-order valence-corrected chi connectivity index (χ3v) is 11.2. The highest BCUT2D eigenvalue weighted by atomic mass is 19.4. The molecule has 0 atom stereocenters. The Hall–Kier alpha value is -2.30. The van der Waals surface area contributed by atoms with Gasteiger partial charge in [-0.05, 0) is 67.8 Å². The summed E-state index contributed by atoms with van der Waals surface area (Å²) in [4.78, 5) is 12.2. The minimum atomic E-state index is -8.74. The number of benzene rings is 1. The fraction of sp³-hybridized carbons (Fsp3) is 0.806. The van der Waals surface area contributed by atoms with Crippen LogP contribution in [0, 0.1) is 23.7 Å². The van der Waals surface area contributed by atoms with Crippen molar-refractivity contribution >= 4 is 5.78 Å². The van der Waals surface area contributed by atoms with Gasteiger partial charge in [0.1, 0.15) is 0 Å². The van der Waals surface area contributed by atoms with E-state index in [-0.39, 0.29) is 12.3 Å². The van der Waals surface area contributed by atoms with E-state index in [0.29, 0.717) is 36.0 Å². The van der Waals surface area contributed by atoms with Gasteiger partial charge in [-0.3, -0.25) is 4.79 Å². The number of hydrogen-bond donors (Lipinski definition) is 0. The van der Waals surface area contributed by atoms with E-state index in [4.69, 9.17) is 0 Å². The molecule has 18 heteroatoms. The van der Waals surface area contributed by atoms with Crippen molar-refractivity contribution in [2.45, 2.75) is 157 Å². The van der Waals surface area contributed by atoms with Crippen LogP contribution in [0.1, 0.15) is 119 Å². The molecule has 0 saturated heterocycles. The zero-order valence-corrected chi connectivity index (χ0v) is 29.3. The van der Waals surface area contributed by atoms with Gasteiger partial charge in [0.2, 0.25) is 5.78 Å². The molecule has 2 aliphatic rings. The molecule has 0 spiro atoms. The number of Topliss-reactive ketones (excluding diaryl/α,β-unsaturated/α-hetero) is 1. The molecule has 0 bridgehead atoms. The van der Waals surface area contributed by atoms with Crippen molar-refractivity contribution in [2.75, 3.05) is 0 Å².